The predicted molar refractivity (Wildman–Crippen MR) is 83.8 cm³/mol. The van der Waals surface area contributed by atoms with Gasteiger partial charge in [0.05, 0.1) is 13.2 Å². The van der Waals surface area contributed by atoms with E-state index in [9.17, 15) is 10.2 Å². The minimum atomic E-state index is -0.145. The molecule has 0 aliphatic heterocycles. The minimum absolute atomic E-state index is 0.145. The van der Waals surface area contributed by atoms with Crippen molar-refractivity contribution in [3.05, 3.63) is 12.2 Å². The van der Waals surface area contributed by atoms with E-state index in [-0.39, 0.29) is 18.6 Å². The Balaban J connectivity index is 1.48. The lowest BCUT2D eigenvalue weighted by Gasteiger charge is -2.43. The molecular weight excluding hydrogens is 284 g/mol. The van der Waals surface area contributed by atoms with Crippen LogP contribution in [0.1, 0.15) is 12.8 Å². The maximum Gasteiger partial charge on any atom is 0.0515 e. The summed E-state index contributed by atoms with van der Waals surface area (Å²) in [5.41, 5.74) is -0.145. The van der Waals surface area contributed by atoms with E-state index in [0.29, 0.717) is 17.8 Å². The van der Waals surface area contributed by atoms with Crippen molar-refractivity contribution in [3.63, 3.8) is 0 Å². The zero-order valence-electron chi connectivity index (χ0n) is 13.5. The number of hydrogen-bond donors (Lipinski definition) is 2. The van der Waals surface area contributed by atoms with E-state index < -0.39 is 0 Å². The SMILES string of the molecule is OCC1(CO)[C@@H]2[C@@H]3C=C[C@@H]4[C@@H]3[C@@H]3[C@H]5[C@@H]6[C@@H]7[C@@H](CC[C@H]7[C@H]1[C@H]6[C@@H]32)[C@H]45. The summed E-state index contributed by atoms with van der Waals surface area (Å²) in [7, 11) is 0. The first-order valence-electron chi connectivity index (χ1n) is 10.2. The molecule has 7 fully saturated rings. The maximum absolute atomic E-state index is 10.6. The maximum atomic E-state index is 10.6. The van der Waals surface area contributed by atoms with Gasteiger partial charge < -0.3 is 10.2 Å². The molecule has 0 spiro atoms. The molecule has 8 aliphatic rings. The van der Waals surface area contributed by atoms with E-state index in [1.807, 2.05) is 0 Å². The van der Waals surface area contributed by atoms with Gasteiger partial charge in [-0.1, -0.05) is 12.2 Å². The minimum Gasteiger partial charge on any atom is -0.396 e. The first kappa shape index (κ1) is 12.1. The molecule has 0 unspecified atom stereocenters. The molecule has 0 bridgehead atoms. The van der Waals surface area contributed by atoms with E-state index in [2.05, 4.69) is 12.2 Å². The van der Waals surface area contributed by atoms with Crippen molar-refractivity contribution in [3.8, 4) is 0 Å². The number of rotatable bonds is 2. The molecule has 14 atom stereocenters. The van der Waals surface area contributed by atoms with Gasteiger partial charge >= 0.3 is 0 Å². The van der Waals surface area contributed by atoms with Crippen LogP contribution in [0.3, 0.4) is 0 Å². The van der Waals surface area contributed by atoms with Crippen LogP contribution in [0.5, 0.6) is 0 Å². The van der Waals surface area contributed by atoms with Gasteiger partial charge in [0.2, 0.25) is 0 Å². The highest BCUT2D eigenvalue weighted by atomic mass is 16.3. The van der Waals surface area contributed by atoms with E-state index in [1.165, 1.54) is 12.8 Å². The lowest BCUT2D eigenvalue weighted by molar-refractivity contribution is -0.0487. The summed E-state index contributed by atoms with van der Waals surface area (Å²) in [4.78, 5) is 0. The van der Waals surface area contributed by atoms with Gasteiger partial charge in [-0.25, -0.2) is 0 Å². The molecule has 8 rings (SSSR count). The highest BCUT2D eigenvalue weighted by molar-refractivity contribution is 5.37. The summed E-state index contributed by atoms with van der Waals surface area (Å²) >= 11 is 0. The summed E-state index contributed by atoms with van der Waals surface area (Å²) in [6.45, 7) is 0.490. The second-order valence-corrected chi connectivity index (χ2v) is 10.7. The van der Waals surface area contributed by atoms with Gasteiger partial charge in [0.15, 0.2) is 0 Å². The van der Waals surface area contributed by atoms with Crippen molar-refractivity contribution < 1.29 is 10.2 Å². The lowest BCUT2D eigenvalue weighted by atomic mass is 9.63. The van der Waals surface area contributed by atoms with Gasteiger partial charge in [0.25, 0.3) is 0 Å². The van der Waals surface area contributed by atoms with Crippen molar-refractivity contribution in [1.29, 1.82) is 0 Å². The highest BCUT2D eigenvalue weighted by Crippen LogP contribution is 2.89. The van der Waals surface area contributed by atoms with Gasteiger partial charge in [-0.3, -0.25) is 0 Å². The quantitative estimate of drug-likeness (QED) is 0.766. The van der Waals surface area contributed by atoms with E-state index in [1.54, 1.807) is 0 Å². The molecule has 0 heterocycles. The van der Waals surface area contributed by atoms with Gasteiger partial charge in [0, 0.05) is 5.41 Å². The average Bonchev–Trinajstić information content (AvgIpc) is 3.28. The Kier molecular flexibility index (Phi) is 1.69. The van der Waals surface area contributed by atoms with Crippen LogP contribution in [-0.2, 0) is 0 Å². The fourth-order valence-electron chi connectivity index (χ4n) is 12.0. The van der Waals surface area contributed by atoms with Crippen molar-refractivity contribution in [1.82, 2.24) is 0 Å². The molecule has 122 valence electrons. The molecule has 23 heavy (non-hydrogen) atoms. The molecule has 7 saturated carbocycles. The van der Waals surface area contributed by atoms with Crippen LogP contribution >= 0.6 is 0 Å². The standard InChI is InChI=1S/C21H26O2/c22-5-21(6-23)19-9-3-1-7-11-8-2-4-10-13(8)16-14(11)15(12(7)9)17(19)18(16)20(10)21/h1,3,7-20,22-23H,2,4-6H2/t7-,8-,9+,10+,11-,12-,13+,14-,15+,16-,17+,18+,19+,20-/m0/s1. The Morgan fingerprint density at radius 2 is 1.30 bits per heavy atom. The van der Waals surface area contributed by atoms with Gasteiger partial charge in [0.1, 0.15) is 0 Å². The Morgan fingerprint density at radius 3 is 2.13 bits per heavy atom. The van der Waals surface area contributed by atoms with Gasteiger partial charge in [-0.15, -0.1) is 0 Å². The molecule has 0 aromatic rings. The molecule has 0 aromatic carbocycles. The van der Waals surface area contributed by atoms with Crippen molar-refractivity contribution in [2.24, 2.45) is 88.3 Å². The van der Waals surface area contributed by atoms with Crippen LogP contribution in [0.15, 0.2) is 12.2 Å². The summed E-state index contributed by atoms with van der Waals surface area (Å²) in [6, 6.07) is 0. The fraction of sp³-hybridized carbons (Fsp3) is 0.905. The van der Waals surface area contributed by atoms with Crippen LogP contribution < -0.4 is 0 Å². The number of fused-ring (bicyclic) bond motifs is 4. The monoisotopic (exact) mass is 310 g/mol. The number of aliphatic hydroxyl groups is 2. The fourth-order valence-corrected chi connectivity index (χ4v) is 12.0. The molecule has 0 aromatic heterocycles. The number of aliphatic hydroxyl groups excluding tert-OH is 2. The molecule has 2 heteroatoms. The van der Waals surface area contributed by atoms with Crippen molar-refractivity contribution >= 4 is 0 Å². The van der Waals surface area contributed by atoms with Gasteiger partial charge in [-0.05, 0) is 95.7 Å². The lowest BCUT2D eigenvalue weighted by Crippen LogP contribution is -2.45. The Hall–Kier alpha value is -0.340. The first-order valence-corrected chi connectivity index (χ1v) is 10.2. The topological polar surface area (TPSA) is 40.5 Å². The molecule has 0 amide bonds. The van der Waals surface area contributed by atoms with Crippen LogP contribution in [0.2, 0.25) is 0 Å². The predicted octanol–water partition coefficient (Wildman–Crippen LogP) is 2.03. The van der Waals surface area contributed by atoms with Crippen molar-refractivity contribution in [2.45, 2.75) is 12.8 Å². The second-order valence-electron chi connectivity index (χ2n) is 10.7. The Bertz CT molecular complexity index is 665. The largest absolute Gasteiger partial charge is 0.396 e. The van der Waals surface area contributed by atoms with Crippen LogP contribution in [0.4, 0.5) is 0 Å². The van der Waals surface area contributed by atoms with Crippen LogP contribution in [0.25, 0.3) is 0 Å². The summed E-state index contributed by atoms with van der Waals surface area (Å²) in [5, 5.41) is 21.1. The number of hydrogen-bond acceptors (Lipinski definition) is 2. The molecule has 2 nitrogen and oxygen atoms in total. The van der Waals surface area contributed by atoms with Gasteiger partial charge in [-0.2, -0.15) is 0 Å². The molecule has 8 aliphatic carbocycles. The number of allylic oxidation sites excluding steroid dienone is 2. The van der Waals surface area contributed by atoms with Crippen LogP contribution in [0, 0.1) is 88.3 Å². The summed E-state index contributed by atoms with van der Waals surface area (Å²) < 4.78 is 0. The van der Waals surface area contributed by atoms with E-state index >= 15 is 0 Å². The zero-order valence-corrected chi connectivity index (χ0v) is 13.5. The molecule has 0 radical (unpaired) electrons. The third-order valence-corrected chi connectivity index (χ3v) is 11.4. The average molecular weight is 310 g/mol. The highest BCUT2D eigenvalue weighted by Gasteiger charge is 2.87. The zero-order chi connectivity index (χ0) is 14.8. The van der Waals surface area contributed by atoms with E-state index in [0.717, 1.165) is 65.1 Å². The molecule has 2 N–H and O–H groups in total. The van der Waals surface area contributed by atoms with Crippen molar-refractivity contribution in [2.75, 3.05) is 13.2 Å². The molecule has 0 saturated heterocycles. The molecular formula is C21H26O2. The second kappa shape index (κ2) is 3.21. The normalized spacial score (nSPS) is 74.7. The Morgan fingerprint density at radius 1 is 0.652 bits per heavy atom. The van der Waals surface area contributed by atoms with Crippen LogP contribution in [-0.4, -0.2) is 23.4 Å². The Labute approximate surface area is 137 Å². The smallest absolute Gasteiger partial charge is 0.0515 e. The first-order chi connectivity index (χ1) is 11.3. The third kappa shape index (κ3) is 0.843. The van der Waals surface area contributed by atoms with E-state index in [4.69, 9.17) is 0 Å². The summed E-state index contributed by atoms with van der Waals surface area (Å²) in [6.07, 6.45) is 8.06. The summed E-state index contributed by atoms with van der Waals surface area (Å²) in [5.74, 6) is 12.4. The third-order valence-electron chi connectivity index (χ3n) is 11.4.